The summed E-state index contributed by atoms with van der Waals surface area (Å²) in [7, 11) is 0. The van der Waals surface area contributed by atoms with Gasteiger partial charge in [-0.3, -0.25) is 10.4 Å². The van der Waals surface area contributed by atoms with Crippen LogP contribution in [0.3, 0.4) is 0 Å². The standard InChI is InChI=1S/C23H18ClFN6O/c1-23(32)6-5-15(11-30-22(23)27)19-17(25)8-18-21(31-19)20(16(24)12-28-18)29-10-14-4-2-3-13(7-14)9-26/h2-5,7-8,11-12,27,32H,6,10H2,1H3,(H,28,29). The van der Waals surface area contributed by atoms with Crippen LogP contribution in [0, 0.1) is 22.6 Å². The number of rotatable bonds is 4. The van der Waals surface area contributed by atoms with Gasteiger partial charge in [0.15, 0.2) is 11.7 Å². The molecule has 4 rings (SSSR count). The van der Waals surface area contributed by atoms with Crippen molar-refractivity contribution in [3.05, 3.63) is 70.3 Å². The molecule has 1 unspecified atom stereocenters. The maximum Gasteiger partial charge on any atom is 0.152 e. The summed E-state index contributed by atoms with van der Waals surface area (Å²) >= 11 is 6.38. The summed E-state index contributed by atoms with van der Waals surface area (Å²) in [5.74, 6) is -0.817. The Morgan fingerprint density at radius 3 is 2.97 bits per heavy atom. The molecule has 0 amide bonds. The number of amidine groups is 1. The van der Waals surface area contributed by atoms with Gasteiger partial charge in [-0.2, -0.15) is 5.26 Å². The highest BCUT2D eigenvalue weighted by atomic mass is 35.5. The summed E-state index contributed by atoms with van der Waals surface area (Å²) in [4.78, 5) is 12.6. The summed E-state index contributed by atoms with van der Waals surface area (Å²) in [6, 6.07) is 10.5. The second kappa shape index (κ2) is 8.46. The van der Waals surface area contributed by atoms with E-state index < -0.39 is 11.4 Å². The molecule has 0 bridgehead atoms. The maximum absolute atomic E-state index is 14.9. The van der Waals surface area contributed by atoms with Gasteiger partial charge in [-0.05, 0) is 24.6 Å². The average Bonchev–Trinajstić information content (AvgIpc) is 2.91. The number of anilines is 1. The molecule has 1 aliphatic heterocycles. The minimum atomic E-state index is -1.44. The van der Waals surface area contributed by atoms with Crippen molar-refractivity contribution >= 4 is 45.9 Å². The van der Waals surface area contributed by atoms with E-state index in [4.69, 9.17) is 22.3 Å². The first-order valence-electron chi connectivity index (χ1n) is 9.72. The molecule has 3 N–H and O–H groups in total. The Balaban J connectivity index is 1.75. The zero-order chi connectivity index (χ0) is 22.9. The quantitative estimate of drug-likeness (QED) is 0.543. The number of hydrogen-bond donors (Lipinski definition) is 3. The summed E-state index contributed by atoms with van der Waals surface area (Å²) in [5.41, 5.74) is 1.49. The summed E-state index contributed by atoms with van der Waals surface area (Å²) in [5, 5.41) is 30.7. The predicted octanol–water partition coefficient (Wildman–Crippen LogP) is 4.49. The number of fused-ring (bicyclic) bond motifs is 1. The molecule has 0 spiro atoms. The lowest BCUT2D eigenvalue weighted by Gasteiger charge is -2.17. The van der Waals surface area contributed by atoms with Crippen LogP contribution >= 0.6 is 11.6 Å². The van der Waals surface area contributed by atoms with Gasteiger partial charge in [0.25, 0.3) is 0 Å². The Hall–Kier alpha value is -3.67. The van der Waals surface area contributed by atoms with Crippen molar-refractivity contribution in [3.8, 4) is 6.07 Å². The van der Waals surface area contributed by atoms with Crippen LogP contribution in [0.15, 0.2) is 47.6 Å². The van der Waals surface area contributed by atoms with Gasteiger partial charge in [0.05, 0.1) is 27.9 Å². The van der Waals surface area contributed by atoms with E-state index in [1.807, 2.05) is 6.07 Å². The summed E-state index contributed by atoms with van der Waals surface area (Å²) in [6.45, 7) is 1.84. The van der Waals surface area contributed by atoms with E-state index in [9.17, 15) is 9.50 Å². The van der Waals surface area contributed by atoms with Gasteiger partial charge in [-0.1, -0.05) is 29.8 Å². The van der Waals surface area contributed by atoms with Gasteiger partial charge < -0.3 is 10.4 Å². The van der Waals surface area contributed by atoms with Crippen LogP contribution in [-0.2, 0) is 6.54 Å². The highest BCUT2D eigenvalue weighted by molar-refractivity contribution is 6.34. The monoisotopic (exact) mass is 448 g/mol. The minimum Gasteiger partial charge on any atom is -0.382 e. The number of pyridine rings is 2. The molecule has 1 atom stereocenters. The highest BCUT2D eigenvalue weighted by Gasteiger charge is 2.27. The number of nitrogens with one attached hydrogen (secondary N) is 2. The Labute approximate surface area is 188 Å². The molecule has 0 saturated heterocycles. The van der Waals surface area contributed by atoms with Crippen LogP contribution in [0.2, 0.25) is 5.02 Å². The number of nitriles is 1. The zero-order valence-electron chi connectivity index (χ0n) is 17.0. The molecule has 3 heterocycles. The Morgan fingerprint density at radius 2 is 2.19 bits per heavy atom. The van der Waals surface area contributed by atoms with E-state index in [1.54, 1.807) is 24.3 Å². The smallest absolute Gasteiger partial charge is 0.152 e. The van der Waals surface area contributed by atoms with Crippen molar-refractivity contribution in [3.63, 3.8) is 0 Å². The number of allylic oxidation sites excluding steroid dienone is 1. The third kappa shape index (κ3) is 4.21. The van der Waals surface area contributed by atoms with E-state index in [0.29, 0.717) is 39.4 Å². The van der Waals surface area contributed by atoms with E-state index in [2.05, 4.69) is 26.3 Å². The molecule has 32 heavy (non-hydrogen) atoms. The van der Waals surface area contributed by atoms with Crippen molar-refractivity contribution in [1.29, 1.82) is 10.7 Å². The zero-order valence-corrected chi connectivity index (χ0v) is 17.8. The van der Waals surface area contributed by atoms with Crippen LogP contribution in [0.25, 0.3) is 16.6 Å². The number of halogens is 2. The molecule has 1 aromatic carbocycles. The molecule has 0 fully saturated rings. The summed E-state index contributed by atoms with van der Waals surface area (Å²) < 4.78 is 14.9. The number of aromatic nitrogens is 2. The fraction of sp³-hybridized carbons (Fsp3) is 0.174. The SMILES string of the molecule is CC1(O)CC=C(c2nc3c(NCc4cccc(C#N)c4)c(Cl)cnc3cc2F)C=NC1=N. The molecular weight excluding hydrogens is 431 g/mol. The topological polar surface area (TPSA) is 118 Å². The lowest BCUT2D eigenvalue weighted by Crippen LogP contribution is -2.31. The summed E-state index contributed by atoms with van der Waals surface area (Å²) in [6.07, 6.45) is 4.43. The molecule has 2 aromatic heterocycles. The Bertz CT molecular complexity index is 1340. The third-order valence-electron chi connectivity index (χ3n) is 5.11. The molecule has 3 aromatic rings. The van der Waals surface area contributed by atoms with E-state index >= 15 is 0 Å². The van der Waals surface area contributed by atoms with E-state index in [-0.39, 0.29) is 18.0 Å². The number of aliphatic hydroxyl groups is 1. The van der Waals surface area contributed by atoms with Crippen LogP contribution in [0.4, 0.5) is 10.1 Å². The normalized spacial score (nSPS) is 18.2. The average molecular weight is 449 g/mol. The Morgan fingerprint density at radius 1 is 1.38 bits per heavy atom. The lowest BCUT2D eigenvalue weighted by atomic mass is 10.00. The van der Waals surface area contributed by atoms with Gasteiger partial charge >= 0.3 is 0 Å². The first kappa shape index (κ1) is 21.6. The first-order valence-corrected chi connectivity index (χ1v) is 10.1. The van der Waals surface area contributed by atoms with Crippen molar-refractivity contribution in [2.45, 2.75) is 25.5 Å². The van der Waals surface area contributed by atoms with Gasteiger partial charge in [0.2, 0.25) is 0 Å². The van der Waals surface area contributed by atoms with Crippen LogP contribution < -0.4 is 5.32 Å². The number of hydrogen-bond acceptors (Lipinski definition) is 6. The fourth-order valence-electron chi connectivity index (χ4n) is 3.27. The second-order valence-electron chi connectivity index (χ2n) is 7.58. The van der Waals surface area contributed by atoms with Crippen LogP contribution in [0.5, 0.6) is 0 Å². The third-order valence-corrected chi connectivity index (χ3v) is 5.40. The van der Waals surface area contributed by atoms with Crippen molar-refractivity contribution in [2.24, 2.45) is 4.99 Å². The number of aliphatic imine (C=N–C) groups is 1. The van der Waals surface area contributed by atoms with Crippen LogP contribution in [0.1, 0.15) is 30.2 Å². The van der Waals surface area contributed by atoms with Gasteiger partial charge in [-0.15, -0.1) is 0 Å². The fourth-order valence-corrected chi connectivity index (χ4v) is 3.47. The Kier molecular flexibility index (Phi) is 5.70. The molecule has 0 aliphatic carbocycles. The van der Waals surface area contributed by atoms with Crippen molar-refractivity contribution < 1.29 is 9.50 Å². The highest BCUT2D eigenvalue weighted by Crippen LogP contribution is 2.32. The molecule has 1 aliphatic rings. The molecule has 7 nitrogen and oxygen atoms in total. The maximum atomic E-state index is 14.9. The number of nitrogens with zero attached hydrogens (tertiary/aromatic N) is 4. The minimum absolute atomic E-state index is 0.0188. The van der Waals surface area contributed by atoms with Crippen LogP contribution in [-0.4, -0.2) is 32.7 Å². The van der Waals surface area contributed by atoms with E-state index in [0.717, 1.165) is 5.56 Å². The van der Waals surface area contributed by atoms with Crippen molar-refractivity contribution in [1.82, 2.24) is 9.97 Å². The van der Waals surface area contributed by atoms with E-state index in [1.165, 1.54) is 25.4 Å². The predicted molar refractivity (Wildman–Crippen MR) is 122 cm³/mol. The van der Waals surface area contributed by atoms with Gasteiger partial charge in [0.1, 0.15) is 16.8 Å². The van der Waals surface area contributed by atoms with Gasteiger partial charge in [-0.25, -0.2) is 14.4 Å². The first-order chi connectivity index (χ1) is 15.3. The molecule has 160 valence electrons. The molecule has 9 heteroatoms. The second-order valence-corrected chi connectivity index (χ2v) is 7.98. The largest absolute Gasteiger partial charge is 0.382 e. The molecule has 0 saturated carbocycles. The molecule has 0 radical (unpaired) electrons. The lowest BCUT2D eigenvalue weighted by molar-refractivity contribution is 0.134. The number of benzene rings is 1. The van der Waals surface area contributed by atoms with Crippen molar-refractivity contribution in [2.75, 3.05) is 5.32 Å². The van der Waals surface area contributed by atoms with Gasteiger partial charge in [0, 0.05) is 37.0 Å². The molecular formula is C23H18ClFN6O.